The maximum atomic E-state index is 12.0. The van der Waals surface area contributed by atoms with Gasteiger partial charge in [-0.3, -0.25) is 9.59 Å². The lowest BCUT2D eigenvalue weighted by Gasteiger charge is -2.16. The fraction of sp³-hybridized carbons (Fsp3) is 0.467. The van der Waals surface area contributed by atoms with Crippen molar-refractivity contribution in [1.29, 1.82) is 0 Å². The fourth-order valence-corrected chi connectivity index (χ4v) is 2.73. The van der Waals surface area contributed by atoms with Crippen molar-refractivity contribution in [1.82, 2.24) is 0 Å². The van der Waals surface area contributed by atoms with Gasteiger partial charge < -0.3 is 4.90 Å². The molecule has 0 fully saturated rings. The first-order chi connectivity index (χ1) is 9.15. The number of carbonyl (C=O) groups excluding carboxylic acids is 2. The third-order valence-electron chi connectivity index (χ3n) is 3.42. The molecular formula is C15H18BrNO2. The number of hydrogen-bond acceptors (Lipinski definition) is 2. The zero-order valence-corrected chi connectivity index (χ0v) is 12.7. The van der Waals surface area contributed by atoms with Crippen LogP contribution in [0, 0.1) is 0 Å². The van der Waals surface area contributed by atoms with Crippen molar-refractivity contribution in [2.45, 2.75) is 39.0 Å². The van der Waals surface area contributed by atoms with Gasteiger partial charge in [-0.05, 0) is 24.6 Å². The van der Waals surface area contributed by atoms with Gasteiger partial charge in [-0.2, -0.15) is 0 Å². The second kappa shape index (κ2) is 6.33. The Hall–Kier alpha value is -1.16. The van der Waals surface area contributed by atoms with Gasteiger partial charge in [0.25, 0.3) is 11.7 Å². The number of fused-ring (bicyclic) bond motifs is 1. The summed E-state index contributed by atoms with van der Waals surface area (Å²) in [5.41, 5.74) is 1.28. The van der Waals surface area contributed by atoms with Crippen LogP contribution in [0.25, 0.3) is 0 Å². The third-order valence-corrected chi connectivity index (χ3v) is 3.91. The van der Waals surface area contributed by atoms with Crippen LogP contribution in [0.5, 0.6) is 0 Å². The predicted molar refractivity (Wildman–Crippen MR) is 79.6 cm³/mol. The highest BCUT2D eigenvalue weighted by Gasteiger charge is 2.35. The molecule has 1 aliphatic heterocycles. The molecule has 1 aromatic rings. The molecule has 4 heteroatoms. The highest BCUT2D eigenvalue weighted by molar-refractivity contribution is 9.10. The zero-order chi connectivity index (χ0) is 13.8. The minimum absolute atomic E-state index is 0.384. The van der Waals surface area contributed by atoms with Crippen LogP contribution >= 0.6 is 15.9 Å². The fourth-order valence-electron chi connectivity index (χ4n) is 2.37. The van der Waals surface area contributed by atoms with Crippen LogP contribution < -0.4 is 4.90 Å². The standard InChI is InChI=1S/C15H18BrNO2/c1-2-3-4-5-6-9-17-13-8-7-11(16)10-12(13)14(18)15(17)19/h7-8,10H,2-6,9H2,1H3. The Morgan fingerprint density at radius 2 is 1.84 bits per heavy atom. The molecule has 0 aromatic heterocycles. The van der Waals surface area contributed by atoms with Crippen LogP contribution in [0.4, 0.5) is 5.69 Å². The third kappa shape index (κ3) is 3.06. The number of unbranched alkanes of at least 4 members (excludes halogenated alkanes) is 4. The van der Waals surface area contributed by atoms with Gasteiger partial charge in [-0.25, -0.2) is 0 Å². The van der Waals surface area contributed by atoms with E-state index in [1.807, 2.05) is 12.1 Å². The average Bonchev–Trinajstić information content (AvgIpc) is 2.63. The van der Waals surface area contributed by atoms with Gasteiger partial charge in [-0.15, -0.1) is 0 Å². The van der Waals surface area contributed by atoms with E-state index in [2.05, 4.69) is 22.9 Å². The summed E-state index contributed by atoms with van der Waals surface area (Å²) in [6.07, 6.45) is 5.69. The number of benzene rings is 1. The lowest BCUT2D eigenvalue weighted by Crippen LogP contribution is -2.30. The highest BCUT2D eigenvalue weighted by atomic mass is 79.9. The van der Waals surface area contributed by atoms with Crippen LogP contribution in [-0.4, -0.2) is 18.2 Å². The molecule has 0 unspecified atom stereocenters. The van der Waals surface area contributed by atoms with Crippen LogP contribution in [0.1, 0.15) is 49.4 Å². The van der Waals surface area contributed by atoms with Crippen LogP contribution in [0.2, 0.25) is 0 Å². The minimum Gasteiger partial charge on any atom is -0.305 e. The molecule has 1 amide bonds. The SMILES string of the molecule is CCCCCCCN1C(=O)C(=O)c2cc(Br)ccc21. The second-order valence-corrected chi connectivity index (χ2v) is 5.78. The maximum Gasteiger partial charge on any atom is 0.299 e. The van der Waals surface area contributed by atoms with Crippen molar-refractivity contribution < 1.29 is 9.59 Å². The number of Topliss-reactive ketones (excluding diaryl/α,β-unsaturated/α-hetero) is 1. The maximum absolute atomic E-state index is 12.0. The second-order valence-electron chi connectivity index (χ2n) is 4.86. The number of ketones is 1. The summed E-state index contributed by atoms with van der Waals surface area (Å²) in [7, 11) is 0. The number of carbonyl (C=O) groups is 2. The first-order valence-electron chi connectivity index (χ1n) is 6.81. The zero-order valence-electron chi connectivity index (χ0n) is 11.1. The number of rotatable bonds is 6. The van der Waals surface area contributed by atoms with E-state index in [9.17, 15) is 9.59 Å². The van der Waals surface area contributed by atoms with E-state index in [1.165, 1.54) is 19.3 Å². The largest absolute Gasteiger partial charge is 0.305 e. The molecule has 0 spiro atoms. The summed E-state index contributed by atoms with van der Waals surface area (Å²) in [4.78, 5) is 25.5. The summed E-state index contributed by atoms with van der Waals surface area (Å²) < 4.78 is 0.831. The molecule has 0 bridgehead atoms. The van der Waals surface area contributed by atoms with Crippen molar-refractivity contribution in [3.05, 3.63) is 28.2 Å². The quantitative estimate of drug-likeness (QED) is 0.587. The number of anilines is 1. The summed E-state index contributed by atoms with van der Waals surface area (Å²) in [6.45, 7) is 2.82. The molecule has 19 heavy (non-hydrogen) atoms. The average molecular weight is 324 g/mol. The van der Waals surface area contributed by atoms with Crippen LogP contribution in [0.15, 0.2) is 22.7 Å². The van der Waals surface area contributed by atoms with E-state index in [4.69, 9.17) is 0 Å². The Bertz CT molecular complexity index is 499. The Labute approximate surface area is 122 Å². The van der Waals surface area contributed by atoms with Crippen LogP contribution in [0.3, 0.4) is 0 Å². The first kappa shape index (κ1) is 14.3. The van der Waals surface area contributed by atoms with Crippen molar-refractivity contribution in [3.8, 4) is 0 Å². The summed E-state index contributed by atoms with van der Waals surface area (Å²) >= 11 is 3.33. The molecule has 102 valence electrons. The minimum atomic E-state index is -0.386. The topological polar surface area (TPSA) is 37.4 Å². The molecule has 3 nitrogen and oxygen atoms in total. The number of amides is 1. The highest BCUT2D eigenvalue weighted by Crippen LogP contribution is 2.31. The van der Waals surface area contributed by atoms with Gasteiger partial charge in [0, 0.05) is 11.0 Å². The Kier molecular flexibility index (Phi) is 4.75. The van der Waals surface area contributed by atoms with Gasteiger partial charge in [0.2, 0.25) is 0 Å². The van der Waals surface area contributed by atoms with Gasteiger partial charge in [0.15, 0.2) is 0 Å². The van der Waals surface area contributed by atoms with Gasteiger partial charge in [0.05, 0.1) is 11.3 Å². The molecule has 1 aromatic carbocycles. The monoisotopic (exact) mass is 323 g/mol. The molecule has 0 atom stereocenters. The van der Waals surface area contributed by atoms with Crippen molar-refractivity contribution in [2.75, 3.05) is 11.4 Å². The predicted octanol–water partition coefficient (Wildman–Crippen LogP) is 3.95. The van der Waals surface area contributed by atoms with Crippen molar-refractivity contribution >= 4 is 33.3 Å². The summed E-state index contributed by atoms with van der Waals surface area (Å²) in [5, 5.41) is 0. The number of halogens is 1. The smallest absolute Gasteiger partial charge is 0.299 e. The molecule has 0 radical (unpaired) electrons. The molecule has 0 N–H and O–H groups in total. The lowest BCUT2D eigenvalue weighted by molar-refractivity contribution is -0.114. The number of hydrogen-bond donors (Lipinski definition) is 0. The Morgan fingerprint density at radius 3 is 2.58 bits per heavy atom. The van der Waals surface area contributed by atoms with E-state index in [1.54, 1.807) is 11.0 Å². The Morgan fingerprint density at radius 1 is 1.11 bits per heavy atom. The first-order valence-corrected chi connectivity index (χ1v) is 7.60. The molecule has 0 aliphatic carbocycles. The van der Waals surface area contributed by atoms with E-state index >= 15 is 0 Å². The van der Waals surface area contributed by atoms with Crippen LogP contribution in [-0.2, 0) is 4.79 Å². The van der Waals surface area contributed by atoms with E-state index in [-0.39, 0.29) is 11.7 Å². The van der Waals surface area contributed by atoms with E-state index in [0.717, 1.165) is 23.0 Å². The molecule has 2 rings (SSSR count). The van der Waals surface area contributed by atoms with Gasteiger partial charge in [0.1, 0.15) is 0 Å². The van der Waals surface area contributed by atoms with Gasteiger partial charge in [-0.1, -0.05) is 48.5 Å². The molecule has 1 heterocycles. The summed E-state index contributed by atoms with van der Waals surface area (Å²) in [5.74, 6) is -0.770. The van der Waals surface area contributed by atoms with Crippen molar-refractivity contribution in [3.63, 3.8) is 0 Å². The lowest BCUT2D eigenvalue weighted by atomic mass is 10.1. The summed E-state index contributed by atoms with van der Waals surface area (Å²) in [6, 6.07) is 5.44. The van der Waals surface area contributed by atoms with E-state index < -0.39 is 0 Å². The molecule has 0 saturated carbocycles. The molecular weight excluding hydrogens is 306 g/mol. The molecule has 0 saturated heterocycles. The normalized spacial score (nSPS) is 14.1. The van der Waals surface area contributed by atoms with E-state index in [0.29, 0.717) is 12.1 Å². The van der Waals surface area contributed by atoms with Gasteiger partial charge >= 0.3 is 0 Å². The number of nitrogens with zero attached hydrogens (tertiary/aromatic N) is 1. The van der Waals surface area contributed by atoms with Crippen molar-refractivity contribution in [2.24, 2.45) is 0 Å². The molecule has 1 aliphatic rings. The Balaban J connectivity index is 2.02.